The SMILES string of the molecule is COc1ccc(-c2[nH]ncc2CN2CCC[C@@]3(CCOC3)C2)cc1OC. The van der Waals surface area contributed by atoms with Crippen LogP contribution in [0.2, 0.25) is 0 Å². The van der Waals surface area contributed by atoms with Crippen molar-refractivity contribution in [1.82, 2.24) is 15.1 Å². The first-order valence-electron chi connectivity index (χ1n) is 9.28. The summed E-state index contributed by atoms with van der Waals surface area (Å²) >= 11 is 0. The number of nitrogens with one attached hydrogen (secondary N) is 1. The fraction of sp³-hybridized carbons (Fsp3) is 0.550. The molecular weight excluding hydrogens is 330 g/mol. The fourth-order valence-corrected chi connectivity index (χ4v) is 4.33. The Bertz CT molecular complexity index is 753. The van der Waals surface area contributed by atoms with E-state index >= 15 is 0 Å². The minimum Gasteiger partial charge on any atom is -0.493 e. The standard InChI is InChI=1S/C20H27N3O3/c1-24-17-5-4-15(10-18(17)25-2)19-16(11-21-22-19)12-23-8-3-6-20(13-23)7-9-26-14-20/h4-5,10-11H,3,6-9,12-14H2,1-2H3,(H,21,22)/t20-/m1/s1. The van der Waals surface area contributed by atoms with Crippen molar-refractivity contribution in [2.75, 3.05) is 40.5 Å². The van der Waals surface area contributed by atoms with Gasteiger partial charge in [0.15, 0.2) is 11.5 Å². The Hall–Kier alpha value is -2.05. The maximum Gasteiger partial charge on any atom is 0.161 e. The van der Waals surface area contributed by atoms with Crippen LogP contribution in [-0.4, -0.2) is 55.6 Å². The lowest BCUT2D eigenvalue weighted by atomic mass is 9.79. The zero-order valence-electron chi connectivity index (χ0n) is 15.6. The second kappa shape index (κ2) is 7.29. The maximum atomic E-state index is 5.69. The molecule has 1 atom stereocenters. The van der Waals surface area contributed by atoms with Gasteiger partial charge < -0.3 is 14.2 Å². The maximum absolute atomic E-state index is 5.69. The summed E-state index contributed by atoms with van der Waals surface area (Å²) in [6.45, 7) is 4.98. The summed E-state index contributed by atoms with van der Waals surface area (Å²) in [5, 5.41) is 7.47. The van der Waals surface area contributed by atoms with Crippen LogP contribution in [0.25, 0.3) is 11.3 Å². The third-order valence-corrected chi connectivity index (χ3v) is 5.71. The highest BCUT2D eigenvalue weighted by Gasteiger charge is 2.38. The molecule has 2 aliphatic rings. The molecule has 0 bridgehead atoms. The Morgan fingerprint density at radius 3 is 2.88 bits per heavy atom. The van der Waals surface area contributed by atoms with Crippen molar-refractivity contribution in [3.8, 4) is 22.8 Å². The van der Waals surface area contributed by atoms with Crippen LogP contribution in [0.4, 0.5) is 0 Å². The molecule has 6 nitrogen and oxygen atoms in total. The lowest BCUT2D eigenvalue weighted by Gasteiger charge is -2.39. The molecule has 0 amide bonds. The molecule has 140 valence electrons. The summed E-state index contributed by atoms with van der Waals surface area (Å²) in [7, 11) is 3.31. The molecule has 6 heteroatoms. The first-order chi connectivity index (χ1) is 12.7. The Kier molecular flexibility index (Phi) is 4.87. The lowest BCUT2D eigenvalue weighted by molar-refractivity contribution is 0.0646. The van der Waals surface area contributed by atoms with E-state index in [1.807, 2.05) is 24.4 Å². The van der Waals surface area contributed by atoms with Crippen LogP contribution < -0.4 is 9.47 Å². The monoisotopic (exact) mass is 357 g/mol. The molecule has 0 aliphatic carbocycles. The quantitative estimate of drug-likeness (QED) is 0.891. The van der Waals surface area contributed by atoms with Gasteiger partial charge in [-0.15, -0.1) is 0 Å². The number of H-pyrrole nitrogens is 1. The molecule has 1 N–H and O–H groups in total. The van der Waals surface area contributed by atoms with E-state index in [-0.39, 0.29) is 0 Å². The van der Waals surface area contributed by atoms with Gasteiger partial charge in [0.2, 0.25) is 0 Å². The van der Waals surface area contributed by atoms with E-state index in [1.54, 1.807) is 14.2 Å². The van der Waals surface area contributed by atoms with Gasteiger partial charge in [-0.2, -0.15) is 5.10 Å². The van der Waals surface area contributed by atoms with Gasteiger partial charge in [0.25, 0.3) is 0 Å². The topological polar surface area (TPSA) is 59.6 Å². The van der Waals surface area contributed by atoms with Crippen LogP contribution in [0.15, 0.2) is 24.4 Å². The molecule has 2 aromatic rings. The van der Waals surface area contributed by atoms with Crippen LogP contribution in [0.5, 0.6) is 11.5 Å². The van der Waals surface area contributed by atoms with Crippen molar-refractivity contribution in [3.63, 3.8) is 0 Å². The molecule has 0 unspecified atom stereocenters. The van der Waals surface area contributed by atoms with Crippen molar-refractivity contribution in [3.05, 3.63) is 30.0 Å². The molecule has 4 rings (SSSR count). The number of hydrogen-bond donors (Lipinski definition) is 1. The number of ether oxygens (including phenoxy) is 3. The number of likely N-dealkylation sites (tertiary alicyclic amines) is 1. The molecule has 0 radical (unpaired) electrons. The molecule has 2 fully saturated rings. The molecule has 1 aromatic carbocycles. The highest BCUT2D eigenvalue weighted by molar-refractivity contribution is 5.66. The Balaban J connectivity index is 1.54. The molecule has 1 aromatic heterocycles. The van der Waals surface area contributed by atoms with Gasteiger partial charge in [-0.05, 0) is 44.0 Å². The number of benzene rings is 1. The third-order valence-electron chi connectivity index (χ3n) is 5.71. The van der Waals surface area contributed by atoms with Gasteiger partial charge in [-0.1, -0.05) is 0 Å². The minimum atomic E-state index is 0.367. The number of aromatic amines is 1. The van der Waals surface area contributed by atoms with E-state index in [9.17, 15) is 0 Å². The minimum absolute atomic E-state index is 0.367. The van der Waals surface area contributed by atoms with Crippen molar-refractivity contribution in [1.29, 1.82) is 0 Å². The van der Waals surface area contributed by atoms with E-state index < -0.39 is 0 Å². The largest absolute Gasteiger partial charge is 0.493 e. The van der Waals surface area contributed by atoms with Crippen LogP contribution in [0, 0.1) is 5.41 Å². The molecule has 2 saturated heterocycles. The van der Waals surface area contributed by atoms with Crippen LogP contribution in [0.3, 0.4) is 0 Å². The molecule has 3 heterocycles. The van der Waals surface area contributed by atoms with Gasteiger partial charge in [0.1, 0.15) is 0 Å². The smallest absolute Gasteiger partial charge is 0.161 e. The molecule has 26 heavy (non-hydrogen) atoms. The number of aromatic nitrogens is 2. The van der Waals surface area contributed by atoms with Gasteiger partial charge in [-0.3, -0.25) is 10.00 Å². The Morgan fingerprint density at radius 2 is 2.12 bits per heavy atom. The predicted molar refractivity (Wildman–Crippen MR) is 99.5 cm³/mol. The summed E-state index contributed by atoms with van der Waals surface area (Å²) in [6.07, 6.45) is 5.67. The summed E-state index contributed by atoms with van der Waals surface area (Å²) < 4.78 is 16.5. The molecule has 2 aliphatic heterocycles. The van der Waals surface area contributed by atoms with E-state index in [2.05, 4.69) is 15.1 Å². The predicted octanol–water partition coefficient (Wildman–Crippen LogP) is 3.10. The van der Waals surface area contributed by atoms with E-state index in [0.717, 1.165) is 55.6 Å². The van der Waals surface area contributed by atoms with Crippen LogP contribution >= 0.6 is 0 Å². The van der Waals surface area contributed by atoms with Crippen molar-refractivity contribution >= 4 is 0 Å². The molecule has 1 spiro atoms. The lowest BCUT2D eigenvalue weighted by Crippen LogP contribution is -2.43. The van der Waals surface area contributed by atoms with Crippen molar-refractivity contribution in [2.24, 2.45) is 5.41 Å². The van der Waals surface area contributed by atoms with Gasteiger partial charge in [-0.25, -0.2) is 0 Å². The van der Waals surface area contributed by atoms with E-state index in [4.69, 9.17) is 14.2 Å². The van der Waals surface area contributed by atoms with Crippen molar-refractivity contribution < 1.29 is 14.2 Å². The number of nitrogens with zero attached hydrogens (tertiary/aromatic N) is 2. The Morgan fingerprint density at radius 1 is 1.23 bits per heavy atom. The summed E-state index contributed by atoms with van der Waals surface area (Å²) in [5.41, 5.74) is 3.69. The number of rotatable bonds is 5. The molecule has 0 saturated carbocycles. The second-order valence-corrected chi connectivity index (χ2v) is 7.46. The van der Waals surface area contributed by atoms with E-state index in [0.29, 0.717) is 5.41 Å². The third kappa shape index (κ3) is 3.31. The highest BCUT2D eigenvalue weighted by atomic mass is 16.5. The highest BCUT2D eigenvalue weighted by Crippen LogP contribution is 2.39. The summed E-state index contributed by atoms with van der Waals surface area (Å²) in [5.74, 6) is 1.46. The van der Waals surface area contributed by atoms with Gasteiger partial charge in [0, 0.05) is 36.2 Å². The molecular formula is C20H27N3O3. The zero-order valence-corrected chi connectivity index (χ0v) is 15.6. The van der Waals surface area contributed by atoms with Crippen LogP contribution in [-0.2, 0) is 11.3 Å². The van der Waals surface area contributed by atoms with Gasteiger partial charge >= 0.3 is 0 Å². The average Bonchev–Trinajstić information content (AvgIpc) is 3.31. The number of methoxy groups -OCH3 is 2. The first kappa shape index (κ1) is 17.4. The van der Waals surface area contributed by atoms with E-state index in [1.165, 1.54) is 24.8 Å². The number of piperidine rings is 1. The van der Waals surface area contributed by atoms with Gasteiger partial charge in [0.05, 0.1) is 32.7 Å². The first-order valence-corrected chi connectivity index (χ1v) is 9.28. The summed E-state index contributed by atoms with van der Waals surface area (Å²) in [4.78, 5) is 2.55. The summed E-state index contributed by atoms with van der Waals surface area (Å²) in [6, 6.07) is 5.98. The zero-order chi connectivity index (χ0) is 18.0. The average molecular weight is 357 g/mol. The normalized spacial score (nSPS) is 23.5. The van der Waals surface area contributed by atoms with Crippen LogP contribution in [0.1, 0.15) is 24.8 Å². The fourth-order valence-electron chi connectivity index (χ4n) is 4.33. The van der Waals surface area contributed by atoms with Crippen molar-refractivity contribution in [2.45, 2.75) is 25.8 Å². The Labute approximate surface area is 154 Å². The second-order valence-electron chi connectivity index (χ2n) is 7.46. The number of hydrogen-bond acceptors (Lipinski definition) is 5.